The summed E-state index contributed by atoms with van der Waals surface area (Å²) in [6.07, 6.45) is 1.28. The van der Waals surface area contributed by atoms with Crippen molar-refractivity contribution in [2.45, 2.75) is 31.6 Å². The predicted molar refractivity (Wildman–Crippen MR) is 115 cm³/mol. The molecule has 1 aliphatic rings. The number of rotatable bonds is 7. The molecule has 0 spiro atoms. The molecule has 162 valence electrons. The molecule has 10 heteroatoms. The summed E-state index contributed by atoms with van der Waals surface area (Å²) in [4.78, 5) is 11.4. The minimum absolute atomic E-state index is 0.0262. The molecular weight excluding hydrogens is 428 g/mol. The van der Waals surface area contributed by atoms with Gasteiger partial charge in [0.15, 0.2) is 5.78 Å². The van der Waals surface area contributed by atoms with Crippen LogP contribution in [0.25, 0.3) is 0 Å². The average Bonchev–Trinajstić information content (AvgIpc) is 2.68. The van der Waals surface area contributed by atoms with E-state index in [4.69, 9.17) is 4.74 Å². The zero-order valence-electron chi connectivity index (χ0n) is 16.8. The van der Waals surface area contributed by atoms with Gasteiger partial charge in [-0.2, -0.15) is 0 Å². The molecule has 1 heterocycles. The van der Waals surface area contributed by atoms with Crippen LogP contribution in [0, 0.1) is 0 Å². The molecule has 0 radical (unpaired) electrons. The lowest BCUT2D eigenvalue weighted by Gasteiger charge is -2.28. The van der Waals surface area contributed by atoms with E-state index in [1.165, 1.54) is 35.5 Å². The quantitative estimate of drug-likeness (QED) is 0.647. The lowest BCUT2D eigenvalue weighted by Crippen LogP contribution is -2.37. The fraction of sp³-hybridized carbons (Fsp3) is 0.350. The molecule has 30 heavy (non-hydrogen) atoms. The van der Waals surface area contributed by atoms with Crippen LogP contribution in [0.1, 0.15) is 37.0 Å². The Morgan fingerprint density at radius 1 is 1.17 bits per heavy atom. The van der Waals surface area contributed by atoms with E-state index < -0.39 is 20.0 Å². The maximum Gasteiger partial charge on any atom is 0.265 e. The van der Waals surface area contributed by atoms with E-state index in [9.17, 15) is 21.6 Å². The number of ketones is 1. The molecule has 1 aliphatic heterocycles. The van der Waals surface area contributed by atoms with E-state index in [2.05, 4.69) is 4.72 Å². The summed E-state index contributed by atoms with van der Waals surface area (Å²) >= 11 is 0. The van der Waals surface area contributed by atoms with Gasteiger partial charge in [0.25, 0.3) is 10.0 Å². The third-order valence-electron chi connectivity index (χ3n) is 4.68. The Morgan fingerprint density at radius 3 is 2.60 bits per heavy atom. The van der Waals surface area contributed by atoms with Gasteiger partial charge in [-0.05, 0) is 57.0 Å². The summed E-state index contributed by atoms with van der Waals surface area (Å²) in [5, 5.41) is 0. The number of carbonyl (C=O) groups excluding carboxylic acids is 1. The van der Waals surface area contributed by atoms with Crippen LogP contribution < -0.4 is 13.8 Å². The molecule has 1 saturated heterocycles. The van der Waals surface area contributed by atoms with Crippen molar-refractivity contribution in [3.63, 3.8) is 0 Å². The first kappa shape index (κ1) is 22.1. The number of benzene rings is 2. The highest BCUT2D eigenvalue weighted by Crippen LogP contribution is 2.33. The molecule has 3 rings (SSSR count). The summed E-state index contributed by atoms with van der Waals surface area (Å²) < 4.78 is 60.3. The van der Waals surface area contributed by atoms with E-state index in [1.807, 2.05) is 0 Å². The number of ether oxygens (including phenoxy) is 1. The normalized spacial score (nSPS) is 16.1. The van der Waals surface area contributed by atoms with Gasteiger partial charge >= 0.3 is 0 Å². The Kier molecular flexibility index (Phi) is 6.37. The molecule has 1 N–H and O–H groups in total. The summed E-state index contributed by atoms with van der Waals surface area (Å²) in [6.45, 7) is 3.65. The molecule has 0 aliphatic carbocycles. The van der Waals surface area contributed by atoms with Crippen molar-refractivity contribution in [3.05, 3.63) is 48.0 Å². The molecule has 0 bridgehead atoms. The van der Waals surface area contributed by atoms with Crippen LogP contribution in [-0.2, 0) is 20.0 Å². The molecule has 0 amide bonds. The van der Waals surface area contributed by atoms with Crippen LogP contribution in [0.4, 0.5) is 11.4 Å². The van der Waals surface area contributed by atoms with Crippen molar-refractivity contribution >= 4 is 37.2 Å². The standard InChI is InChI=1S/C20H24N2O6S2/c1-3-28-19-10-9-18(22-11-4-5-12-29(22,24)25)14-20(19)30(26,27)21-17-8-6-7-16(13-17)15(2)23/h6-10,13-14,21H,3-5,11-12H2,1-2H3. The van der Waals surface area contributed by atoms with Crippen LogP contribution in [0.5, 0.6) is 5.75 Å². The lowest BCUT2D eigenvalue weighted by molar-refractivity contribution is 0.101. The van der Waals surface area contributed by atoms with E-state index in [-0.39, 0.29) is 40.2 Å². The molecule has 8 nitrogen and oxygen atoms in total. The molecule has 0 atom stereocenters. The van der Waals surface area contributed by atoms with Gasteiger partial charge in [-0.1, -0.05) is 12.1 Å². The van der Waals surface area contributed by atoms with E-state index in [0.29, 0.717) is 24.9 Å². The SMILES string of the molecule is CCOc1ccc(N2CCCCS2(=O)=O)cc1S(=O)(=O)Nc1cccc(C(C)=O)c1. The van der Waals surface area contributed by atoms with Gasteiger partial charge in [0.2, 0.25) is 10.0 Å². The van der Waals surface area contributed by atoms with Gasteiger partial charge in [-0.3, -0.25) is 13.8 Å². The molecular formula is C20H24N2O6S2. The van der Waals surface area contributed by atoms with Gasteiger partial charge in [0, 0.05) is 17.8 Å². The Labute approximate surface area is 177 Å². The molecule has 2 aromatic rings. The van der Waals surface area contributed by atoms with E-state index in [1.54, 1.807) is 25.1 Å². The fourth-order valence-corrected chi connectivity index (χ4v) is 6.07. The highest BCUT2D eigenvalue weighted by atomic mass is 32.2. The van der Waals surface area contributed by atoms with Crippen LogP contribution in [0.2, 0.25) is 0 Å². The summed E-state index contributed by atoms with van der Waals surface area (Å²) in [5.41, 5.74) is 0.866. The molecule has 0 saturated carbocycles. The average molecular weight is 453 g/mol. The maximum absolute atomic E-state index is 13.1. The molecule has 0 unspecified atom stereocenters. The Hall–Kier alpha value is -2.59. The number of anilines is 2. The number of Topliss-reactive ketones (excluding diaryl/α,β-unsaturated/α-hetero) is 1. The van der Waals surface area contributed by atoms with Crippen molar-refractivity contribution < 1.29 is 26.4 Å². The van der Waals surface area contributed by atoms with Gasteiger partial charge in [0.05, 0.1) is 18.0 Å². The Morgan fingerprint density at radius 2 is 1.93 bits per heavy atom. The number of sulfonamides is 2. The van der Waals surface area contributed by atoms with Crippen molar-refractivity contribution in [1.29, 1.82) is 0 Å². The topological polar surface area (TPSA) is 110 Å². The summed E-state index contributed by atoms with van der Waals surface area (Å²) in [5.74, 6) is -0.0486. The second-order valence-electron chi connectivity index (χ2n) is 6.90. The third-order valence-corrected chi connectivity index (χ3v) is 7.95. The zero-order chi connectivity index (χ0) is 21.9. The van der Waals surface area contributed by atoms with Crippen molar-refractivity contribution in [1.82, 2.24) is 0 Å². The first-order valence-corrected chi connectivity index (χ1v) is 12.6. The first-order chi connectivity index (χ1) is 14.1. The number of nitrogens with one attached hydrogen (secondary N) is 1. The first-order valence-electron chi connectivity index (χ1n) is 9.55. The van der Waals surface area contributed by atoms with E-state index >= 15 is 0 Å². The smallest absolute Gasteiger partial charge is 0.265 e. The second-order valence-corrected chi connectivity index (χ2v) is 10.6. The third kappa shape index (κ3) is 4.76. The molecule has 2 aromatic carbocycles. The van der Waals surface area contributed by atoms with Crippen molar-refractivity contribution in [3.8, 4) is 5.75 Å². The van der Waals surface area contributed by atoms with Gasteiger partial charge in [0.1, 0.15) is 10.6 Å². The number of nitrogens with zero attached hydrogens (tertiary/aromatic N) is 1. The van der Waals surface area contributed by atoms with Crippen LogP contribution >= 0.6 is 0 Å². The second kappa shape index (κ2) is 8.65. The van der Waals surface area contributed by atoms with Gasteiger partial charge in [-0.15, -0.1) is 0 Å². The number of carbonyl (C=O) groups is 1. The zero-order valence-corrected chi connectivity index (χ0v) is 18.4. The van der Waals surface area contributed by atoms with Crippen molar-refractivity contribution in [2.24, 2.45) is 0 Å². The summed E-state index contributed by atoms with van der Waals surface area (Å²) in [7, 11) is -7.61. The van der Waals surface area contributed by atoms with Gasteiger partial charge < -0.3 is 4.74 Å². The highest BCUT2D eigenvalue weighted by Gasteiger charge is 2.29. The minimum Gasteiger partial charge on any atom is -0.492 e. The Balaban J connectivity index is 2.03. The monoisotopic (exact) mass is 452 g/mol. The van der Waals surface area contributed by atoms with Crippen LogP contribution in [0.3, 0.4) is 0 Å². The number of hydrogen-bond donors (Lipinski definition) is 1. The maximum atomic E-state index is 13.1. The number of hydrogen-bond acceptors (Lipinski definition) is 6. The molecule has 0 aromatic heterocycles. The minimum atomic E-state index is -4.11. The van der Waals surface area contributed by atoms with Crippen LogP contribution in [0.15, 0.2) is 47.4 Å². The van der Waals surface area contributed by atoms with E-state index in [0.717, 1.165) is 0 Å². The fourth-order valence-electron chi connectivity index (χ4n) is 3.23. The Bertz CT molecular complexity index is 1160. The largest absolute Gasteiger partial charge is 0.492 e. The lowest BCUT2D eigenvalue weighted by atomic mass is 10.1. The summed E-state index contributed by atoms with van der Waals surface area (Å²) in [6, 6.07) is 10.5. The highest BCUT2D eigenvalue weighted by molar-refractivity contribution is 7.93. The van der Waals surface area contributed by atoms with Crippen LogP contribution in [-0.4, -0.2) is 41.5 Å². The van der Waals surface area contributed by atoms with Crippen molar-refractivity contribution in [2.75, 3.05) is 27.9 Å². The molecule has 1 fully saturated rings. The van der Waals surface area contributed by atoms with Gasteiger partial charge in [-0.25, -0.2) is 16.8 Å². The predicted octanol–water partition coefficient (Wildman–Crippen LogP) is 3.02.